The third-order valence-corrected chi connectivity index (χ3v) is 2.55. The standard InChI is InChI=1S/C14H26O2/c1-3-4-5-6-7-8-9-10-11-12-13-16-14(2)15/h12-13H,3-11H2,1-2H3/b13-12+. The minimum atomic E-state index is -0.243. The van der Waals surface area contributed by atoms with Gasteiger partial charge in [0, 0.05) is 6.92 Å². The van der Waals surface area contributed by atoms with Crippen LogP contribution in [0, 0.1) is 0 Å². The summed E-state index contributed by atoms with van der Waals surface area (Å²) >= 11 is 0. The van der Waals surface area contributed by atoms with Gasteiger partial charge in [0.05, 0.1) is 6.26 Å². The van der Waals surface area contributed by atoms with Crippen molar-refractivity contribution in [3.05, 3.63) is 12.3 Å². The highest BCUT2D eigenvalue weighted by Gasteiger charge is 1.90. The highest BCUT2D eigenvalue weighted by Crippen LogP contribution is 2.09. The Hall–Kier alpha value is -0.790. The molecule has 0 rings (SSSR count). The highest BCUT2D eigenvalue weighted by atomic mass is 16.5. The maximum absolute atomic E-state index is 10.4. The zero-order valence-electron chi connectivity index (χ0n) is 10.8. The summed E-state index contributed by atoms with van der Waals surface area (Å²) in [5.74, 6) is -0.243. The Balaban J connectivity index is 3.03. The molecule has 0 aromatic carbocycles. The smallest absolute Gasteiger partial charge is 0.307 e. The molecule has 0 aliphatic carbocycles. The Labute approximate surface area is 100 Å². The second kappa shape index (κ2) is 12.3. The summed E-state index contributed by atoms with van der Waals surface area (Å²) in [6, 6.07) is 0. The van der Waals surface area contributed by atoms with Crippen molar-refractivity contribution in [1.82, 2.24) is 0 Å². The van der Waals surface area contributed by atoms with Crippen molar-refractivity contribution in [1.29, 1.82) is 0 Å². The monoisotopic (exact) mass is 226 g/mol. The Kier molecular flexibility index (Phi) is 11.7. The summed E-state index contributed by atoms with van der Waals surface area (Å²) in [5, 5.41) is 0. The molecule has 16 heavy (non-hydrogen) atoms. The second-order valence-electron chi connectivity index (χ2n) is 4.24. The van der Waals surface area contributed by atoms with Crippen molar-refractivity contribution in [3.63, 3.8) is 0 Å². The summed E-state index contributed by atoms with van der Waals surface area (Å²) in [6.07, 6.45) is 15.1. The van der Waals surface area contributed by atoms with Crippen molar-refractivity contribution in [3.8, 4) is 0 Å². The lowest BCUT2D eigenvalue weighted by Gasteiger charge is -1.99. The van der Waals surface area contributed by atoms with Gasteiger partial charge in [0.25, 0.3) is 0 Å². The SMILES string of the molecule is CCCCCCCCCC/C=C/OC(C)=O. The Bertz CT molecular complexity index is 185. The molecule has 0 spiro atoms. The third kappa shape index (κ3) is 13.2. The van der Waals surface area contributed by atoms with Crippen molar-refractivity contribution in [2.45, 2.75) is 71.6 Å². The van der Waals surface area contributed by atoms with Crippen molar-refractivity contribution < 1.29 is 9.53 Å². The van der Waals surface area contributed by atoms with Gasteiger partial charge in [0.2, 0.25) is 0 Å². The number of esters is 1. The number of allylic oxidation sites excluding steroid dienone is 1. The van der Waals surface area contributed by atoms with Crippen LogP contribution in [0.1, 0.15) is 71.6 Å². The molecule has 0 amide bonds. The largest absolute Gasteiger partial charge is 0.435 e. The quantitative estimate of drug-likeness (QED) is 0.309. The van der Waals surface area contributed by atoms with Gasteiger partial charge in [0.15, 0.2) is 0 Å². The molecule has 0 bridgehead atoms. The van der Waals surface area contributed by atoms with Gasteiger partial charge in [-0.25, -0.2) is 0 Å². The molecule has 0 unspecified atom stereocenters. The molecule has 0 aromatic heterocycles. The van der Waals surface area contributed by atoms with Gasteiger partial charge in [-0.2, -0.15) is 0 Å². The molecule has 0 heterocycles. The number of hydrogen-bond acceptors (Lipinski definition) is 2. The third-order valence-electron chi connectivity index (χ3n) is 2.55. The fourth-order valence-electron chi connectivity index (χ4n) is 1.61. The predicted molar refractivity (Wildman–Crippen MR) is 68.1 cm³/mol. The molecule has 0 aliphatic rings. The zero-order valence-corrected chi connectivity index (χ0v) is 10.8. The number of unbranched alkanes of at least 4 members (excludes halogenated alkanes) is 8. The summed E-state index contributed by atoms with van der Waals surface area (Å²) in [7, 11) is 0. The van der Waals surface area contributed by atoms with Crippen LogP contribution >= 0.6 is 0 Å². The first-order chi connectivity index (χ1) is 7.77. The van der Waals surface area contributed by atoms with Crippen LogP contribution in [-0.2, 0) is 9.53 Å². The molecule has 0 N–H and O–H groups in total. The van der Waals surface area contributed by atoms with E-state index in [0.29, 0.717) is 0 Å². The van der Waals surface area contributed by atoms with Crippen molar-refractivity contribution in [2.75, 3.05) is 0 Å². The molecule has 2 heteroatoms. The average Bonchev–Trinajstić information content (AvgIpc) is 2.25. The lowest BCUT2D eigenvalue weighted by molar-refractivity contribution is -0.135. The predicted octanol–water partition coefficient (Wildman–Crippen LogP) is 4.59. The van der Waals surface area contributed by atoms with E-state index in [4.69, 9.17) is 4.74 Å². The first-order valence-corrected chi connectivity index (χ1v) is 6.59. The van der Waals surface area contributed by atoms with Gasteiger partial charge >= 0.3 is 5.97 Å². The molecule has 94 valence electrons. The zero-order chi connectivity index (χ0) is 12.1. The molecule has 0 radical (unpaired) electrons. The minimum absolute atomic E-state index is 0.243. The summed E-state index contributed by atoms with van der Waals surface area (Å²) < 4.78 is 4.69. The van der Waals surface area contributed by atoms with Gasteiger partial charge < -0.3 is 4.74 Å². The number of hydrogen-bond donors (Lipinski definition) is 0. The van der Waals surface area contributed by atoms with Gasteiger partial charge in [-0.3, -0.25) is 4.79 Å². The fraction of sp³-hybridized carbons (Fsp3) is 0.786. The van der Waals surface area contributed by atoms with E-state index in [1.165, 1.54) is 64.6 Å². The molecule has 0 atom stereocenters. The van der Waals surface area contributed by atoms with Crippen LogP contribution in [0.5, 0.6) is 0 Å². The van der Waals surface area contributed by atoms with E-state index in [-0.39, 0.29) is 5.97 Å². The summed E-state index contributed by atoms with van der Waals surface area (Å²) in [6.45, 7) is 3.66. The molecule has 0 saturated carbocycles. The van der Waals surface area contributed by atoms with Gasteiger partial charge in [-0.15, -0.1) is 0 Å². The average molecular weight is 226 g/mol. The van der Waals surface area contributed by atoms with Crippen LogP contribution in [0.4, 0.5) is 0 Å². The first kappa shape index (κ1) is 15.2. The topological polar surface area (TPSA) is 26.3 Å². The molecular formula is C14H26O2. The summed E-state index contributed by atoms with van der Waals surface area (Å²) in [4.78, 5) is 10.4. The molecule has 2 nitrogen and oxygen atoms in total. The van der Waals surface area contributed by atoms with E-state index >= 15 is 0 Å². The van der Waals surface area contributed by atoms with Gasteiger partial charge in [-0.1, -0.05) is 51.9 Å². The lowest BCUT2D eigenvalue weighted by Crippen LogP contribution is -1.89. The van der Waals surface area contributed by atoms with Crippen LogP contribution in [-0.4, -0.2) is 5.97 Å². The van der Waals surface area contributed by atoms with Crippen LogP contribution < -0.4 is 0 Å². The van der Waals surface area contributed by atoms with E-state index in [1.807, 2.05) is 6.08 Å². The molecule has 0 fully saturated rings. The Morgan fingerprint density at radius 1 is 1.00 bits per heavy atom. The van der Waals surface area contributed by atoms with Crippen LogP contribution in [0.3, 0.4) is 0 Å². The van der Waals surface area contributed by atoms with Crippen molar-refractivity contribution >= 4 is 5.97 Å². The Morgan fingerprint density at radius 3 is 2.12 bits per heavy atom. The van der Waals surface area contributed by atoms with E-state index in [0.717, 1.165) is 6.42 Å². The summed E-state index contributed by atoms with van der Waals surface area (Å²) in [5.41, 5.74) is 0. The lowest BCUT2D eigenvalue weighted by atomic mass is 10.1. The van der Waals surface area contributed by atoms with E-state index in [1.54, 1.807) is 0 Å². The maximum atomic E-state index is 10.4. The van der Waals surface area contributed by atoms with Gasteiger partial charge in [0.1, 0.15) is 0 Å². The van der Waals surface area contributed by atoms with Crippen LogP contribution in [0.25, 0.3) is 0 Å². The van der Waals surface area contributed by atoms with Gasteiger partial charge in [-0.05, 0) is 18.9 Å². The molecule has 0 aromatic rings. The highest BCUT2D eigenvalue weighted by molar-refractivity contribution is 5.66. The number of rotatable bonds is 10. The van der Waals surface area contributed by atoms with Crippen LogP contribution in [0.2, 0.25) is 0 Å². The molecular weight excluding hydrogens is 200 g/mol. The fourth-order valence-corrected chi connectivity index (χ4v) is 1.61. The normalized spacial score (nSPS) is 10.9. The number of carbonyl (C=O) groups excluding carboxylic acids is 1. The minimum Gasteiger partial charge on any atom is -0.435 e. The Morgan fingerprint density at radius 2 is 1.56 bits per heavy atom. The van der Waals surface area contributed by atoms with E-state index < -0.39 is 0 Å². The molecule has 0 saturated heterocycles. The maximum Gasteiger partial charge on any atom is 0.307 e. The molecule has 0 aliphatic heterocycles. The van der Waals surface area contributed by atoms with Crippen LogP contribution in [0.15, 0.2) is 12.3 Å². The number of ether oxygens (including phenoxy) is 1. The number of carbonyl (C=O) groups is 1. The van der Waals surface area contributed by atoms with Crippen molar-refractivity contribution in [2.24, 2.45) is 0 Å². The van der Waals surface area contributed by atoms with E-state index in [2.05, 4.69) is 6.92 Å². The first-order valence-electron chi connectivity index (χ1n) is 6.59. The van der Waals surface area contributed by atoms with E-state index in [9.17, 15) is 4.79 Å². The second-order valence-corrected chi connectivity index (χ2v) is 4.24.